The monoisotopic (exact) mass is 206 g/mol. The number of hydrogen-bond donors (Lipinski definition) is 1. The highest BCUT2D eigenvalue weighted by molar-refractivity contribution is 5.69. The Labute approximate surface area is 90.8 Å². The molecular weight excluding hydrogens is 188 g/mol. The standard InChI is InChI=1S/C12H18N2O/c1-5-7-11-13-12(9(3)8-15)10(6-2)14(11)4/h6,15H,2-3,5,7-8H2,1,4H3. The van der Waals surface area contributed by atoms with Crippen LogP contribution in [0.3, 0.4) is 0 Å². The first kappa shape index (κ1) is 11.7. The summed E-state index contributed by atoms with van der Waals surface area (Å²) in [6.45, 7) is 9.60. The van der Waals surface area contributed by atoms with E-state index in [0.717, 1.165) is 30.1 Å². The van der Waals surface area contributed by atoms with Crippen LogP contribution in [0, 0.1) is 0 Å². The third-order valence-corrected chi connectivity index (χ3v) is 2.42. The van der Waals surface area contributed by atoms with Gasteiger partial charge in [-0.05, 0) is 18.1 Å². The van der Waals surface area contributed by atoms with Crippen LogP contribution in [0.5, 0.6) is 0 Å². The third-order valence-electron chi connectivity index (χ3n) is 2.42. The van der Waals surface area contributed by atoms with Crippen molar-refractivity contribution < 1.29 is 5.11 Å². The van der Waals surface area contributed by atoms with E-state index in [4.69, 9.17) is 5.11 Å². The molecule has 0 spiro atoms. The van der Waals surface area contributed by atoms with Crippen LogP contribution in [0.4, 0.5) is 0 Å². The number of aliphatic hydroxyl groups excluding tert-OH is 1. The van der Waals surface area contributed by atoms with Crippen LogP contribution < -0.4 is 0 Å². The number of aromatic nitrogens is 2. The number of nitrogens with zero attached hydrogens (tertiary/aromatic N) is 2. The third kappa shape index (κ3) is 2.18. The summed E-state index contributed by atoms with van der Waals surface area (Å²) in [5.74, 6) is 1.01. The highest BCUT2D eigenvalue weighted by atomic mass is 16.3. The second-order valence-corrected chi connectivity index (χ2v) is 3.54. The SMILES string of the molecule is C=Cc1c(C(=C)CO)nc(CCC)n1C. The average molecular weight is 206 g/mol. The topological polar surface area (TPSA) is 38.1 Å². The van der Waals surface area contributed by atoms with Crippen molar-refractivity contribution in [3.63, 3.8) is 0 Å². The van der Waals surface area contributed by atoms with E-state index < -0.39 is 0 Å². The van der Waals surface area contributed by atoms with Gasteiger partial charge in [-0.1, -0.05) is 20.1 Å². The van der Waals surface area contributed by atoms with Crippen molar-refractivity contribution in [3.05, 3.63) is 30.4 Å². The summed E-state index contributed by atoms with van der Waals surface area (Å²) in [6, 6.07) is 0. The van der Waals surface area contributed by atoms with E-state index in [1.807, 2.05) is 11.6 Å². The van der Waals surface area contributed by atoms with Crippen molar-refractivity contribution in [1.29, 1.82) is 0 Å². The van der Waals surface area contributed by atoms with Crippen LogP contribution in [0.15, 0.2) is 13.2 Å². The number of aryl methyl sites for hydroxylation is 1. The van der Waals surface area contributed by atoms with E-state index in [1.54, 1.807) is 6.08 Å². The maximum atomic E-state index is 9.06. The van der Waals surface area contributed by atoms with Crippen molar-refractivity contribution in [1.82, 2.24) is 9.55 Å². The molecule has 0 aliphatic heterocycles. The van der Waals surface area contributed by atoms with Crippen molar-refractivity contribution in [2.24, 2.45) is 7.05 Å². The first-order valence-electron chi connectivity index (χ1n) is 5.12. The van der Waals surface area contributed by atoms with E-state index in [-0.39, 0.29) is 6.61 Å². The predicted molar refractivity (Wildman–Crippen MR) is 63.4 cm³/mol. The first-order chi connectivity index (χ1) is 7.15. The van der Waals surface area contributed by atoms with Gasteiger partial charge in [0.2, 0.25) is 0 Å². The second-order valence-electron chi connectivity index (χ2n) is 3.54. The molecule has 3 nitrogen and oxygen atoms in total. The Morgan fingerprint density at radius 1 is 1.60 bits per heavy atom. The molecule has 1 N–H and O–H groups in total. The van der Waals surface area contributed by atoms with E-state index in [1.165, 1.54) is 0 Å². The fourth-order valence-electron chi connectivity index (χ4n) is 1.58. The Bertz CT molecular complexity index is 377. The molecule has 0 unspecified atom stereocenters. The minimum absolute atomic E-state index is 0.0661. The van der Waals surface area contributed by atoms with Gasteiger partial charge in [0.15, 0.2) is 0 Å². The van der Waals surface area contributed by atoms with Gasteiger partial charge in [0.1, 0.15) is 5.82 Å². The lowest BCUT2D eigenvalue weighted by atomic mass is 10.2. The molecule has 82 valence electrons. The summed E-state index contributed by atoms with van der Waals surface area (Å²) in [6.07, 6.45) is 3.73. The Morgan fingerprint density at radius 2 is 2.27 bits per heavy atom. The minimum Gasteiger partial charge on any atom is -0.392 e. The number of aliphatic hydroxyl groups is 1. The van der Waals surface area contributed by atoms with Gasteiger partial charge in [-0.2, -0.15) is 0 Å². The molecular formula is C12H18N2O. The lowest BCUT2D eigenvalue weighted by molar-refractivity contribution is 0.350. The summed E-state index contributed by atoms with van der Waals surface area (Å²) in [5, 5.41) is 9.06. The molecule has 0 aliphatic rings. The van der Waals surface area contributed by atoms with E-state index in [9.17, 15) is 0 Å². The molecule has 0 saturated carbocycles. The Morgan fingerprint density at radius 3 is 2.73 bits per heavy atom. The van der Waals surface area contributed by atoms with Crippen LogP contribution in [0.25, 0.3) is 11.6 Å². The molecule has 1 rings (SSSR count). The molecule has 0 radical (unpaired) electrons. The summed E-state index contributed by atoms with van der Waals surface area (Å²) in [7, 11) is 1.96. The lowest BCUT2D eigenvalue weighted by Gasteiger charge is -2.02. The zero-order valence-corrected chi connectivity index (χ0v) is 9.45. The van der Waals surface area contributed by atoms with Gasteiger partial charge < -0.3 is 9.67 Å². The smallest absolute Gasteiger partial charge is 0.109 e. The van der Waals surface area contributed by atoms with E-state index in [2.05, 4.69) is 25.1 Å². The molecule has 1 aromatic rings. The Hall–Kier alpha value is -1.35. The first-order valence-corrected chi connectivity index (χ1v) is 5.12. The summed E-state index contributed by atoms with van der Waals surface area (Å²) < 4.78 is 2.01. The highest BCUT2D eigenvalue weighted by Crippen LogP contribution is 2.19. The minimum atomic E-state index is -0.0661. The van der Waals surface area contributed by atoms with Crippen molar-refractivity contribution >= 4 is 11.6 Å². The van der Waals surface area contributed by atoms with Gasteiger partial charge in [-0.25, -0.2) is 4.98 Å². The normalized spacial score (nSPS) is 10.3. The molecule has 0 atom stereocenters. The van der Waals surface area contributed by atoms with E-state index >= 15 is 0 Å². The molecule has 1 aromatic heterocycles. The van der Waals surface area contributed by atoms with Crippen LogP contribution in [0.1, 0.15) is 30.6 Å². The zero-order chi connectivity index (χ0) is 11.4. The van der Waals surface area contributed by atoms with E-state index in [0.29, 0.717) is 5.57 Å². The predicted octanol–water partition coefficient (Wildman–Crippen LogP) is 2.02. The number of rotatable bonds is 5. The van der Waals surface area contributed by atoms with Gasteiger partial charge >= 0.3 is 0 Å². The van der Waals surface area contributed by atoms with Crippen LogP contribution in [-0.4, -0.2) is 21.3 Å². The largest absolute Gasteiger partial charge is 0.392 e. The fraction of sp³-hybridized carbons (Fsp3) is 0.417. The fourth-order valence-corrected chi connectivity index (χ4v) is 1.58. The molecule has 0 amide bonds. The summed E-state index contributed by atoms with van der Waals surface area (Å²) in [5.41, 5.74) is 2.33. The van der Waals surface area contributed by atoms with Crippen molar-refractivity contribution in [3.8, 4) is 0 Å². The van der Waals surface area contributed by atoms with Gasteiger partial charge in [-0.15, -0.1) is 0 Å². The molecule has 0 aliphatic carbocycles. The molecule has 0 aromatic carbocycles. The molecule has 1 heterocycles. The molecule has 0 saturated heterocycles. The summed E-state index contributed by atoms with van der Waals surface area (Å²) >= 11 is 0. The van der Waals surface area contributed by atoms with Crippen molar-refractivity contribution in [2.45, 2.75) is 19.8 Å². The maximum Gasteiger partial charge on any atom is 0.109 e. The van der Waals surface area contributed by atoms with Gasteiger partial charge in [0, 0.05) is 13.5 Å². The maximum absolute atomic E-state index is 9.06. The van der Waals surface area contributed by atoms with Crippen LogP contribution in [0.2, 0.25) is 0 Å². The zero-order valence-electron chi connectivity index (χ0n) is 9.45. The summed E-state index contributed by atoms with van der Waals surface area (Å²) in [4.78, 5) is 4.47. The van der Waals surface area contributed by atoms with Gasteiger partial charge in [0.05, 0.1) is 18.0 Å². The van der Waals surface area contributed by atoms with Gasteiger partial charge in [-0.3, -0.25) is 0 Å². The van der Waals surface area contributed by atoms with Crippen molar-refractivity contribution in [2.75, 3.05) is 6.61 Å². The van der Waals surface area contributed by atoms with Gasteiger partial charge in [0.25, 0.3) is 0 Å². The number of imidazole rings is 1. The molecule has 15 heavy (non-hydrogen) atoms. The van der Waals surface area contributed by atoms with Crippen LogP contribution >= 0.6 is 0 Å². The quantitative estimate of drug-likeness (QED) is 0.800. The highest BCUT2D eigenvalue weighted by Gasteiger charge is 2.13. The van der Waals surface area contributed by atoms with Crippen LogP contribution in [-0.2, 0) is 13.5 Å². The Kier molecular flexibility index (Phi) is 3.86. The molecule has 0 fully saturated rings. The Balaban J connectivity index is 3.21. The average Bonchev–Trinajstić information content (AvgIpc) is 2.55. The molecule has 3 heteroatoms. The molecule has 0 bridgehead atoms. The number of hydrogen-bond acceptors (Lipinski definition) is 2. The second kappa shape index (κ2) is 4.94. The lowest BCUT2D eigenvalue weighted by Crippen LogP contribution is -1.98.